The Labute approximate surface area is 246 Å². The highest BCUT2D eigenvalue weighted by Gasteiger charge is 2.18. The zero-order valence-electron chi connectivity index (χ0n) is 28.7. The van der Waals surface area contributed by atoms with Crippen LogP contribution in [-0.2, 0) is 0 Å². The van der Waals surface area contributed by atoms with E-state index in [1.807, 2.05) is 66.7 Å². The molecule has 9 rings (SSSR count). The maximum absolute atomic E-state index is 9.32. The molecule has 1 heterocycles. The molecule has 0 spiro atoms. The van der Waals surface area contributed by atoms with E-state index in [2.05, 4.69) is 36.4 Å². The van der Waals surface area contributed by atoms with Gasteiger partial charge in [-0.3, -0.25) is 0 Å². The molecule has 0 aliphatic heterocycles. The number of rotatable bonds is 2. The number of fused-ring (bicyclic) bond motifs is 8. The van der Waals surface area contributed by atoms with Gasteiger partial charge in [-0.25, -0.2) is 0 Å². The summed E-state index contributed by atoms with van der Waals surface area (Å²) < 4.78 is 67.4. The molecular weight excluding hydrogens is 496 g/mol. The second-order valence-electron chi connectivity index (χ2n) is 10.3. The van der Waals surface area contributed by atoms with Crippen molar-refractivity contribution >= 4 is 65.0 Å². The first-order chi connectivity index (χ1) is 23.3. The van der Waals surface area contributed by atoms with E-state index in [0.29, 0.717) is 5.56 Å². The quantitative estimate of drug-likeness (QED) is 0.204. The molecule has 0 amide bonds. The SMILES string of the molecule is [2H]c1c([2H])c([2H])c2c([2H])c(-c3c4ccccc4c(-c4ccc5c(c4)oc4ccc6ccccc6c45)c4ccccc34)c([2H])c([2H])c2c1[2H]. The molecule has 0 N–H and O–H groups in total. The third-order valence-corrected chi connectivity index (χ3v) is 8.08. The molecule has 1 aromatic heterocycles. The van der Waals surface area contributed by atoms with Crippen LogP contribution in [-0.4, -0.2) is 0 Å². The minimum Gasteiger partial charge on any atom is -0.456 e. The van der Waals surface area contributed by atoms with Gasteiger partial charge in [0, 0.05) is 10.8 Å². The molecule has 0 unspecified atom stereocenters. The van der Waals surface area contributed by atoms with Crippen LogP contribution in [0.5, 0.6) is 0 Å². The van der Waals surface area contributed by atoms with Crippen molar-refractivity contribution in [3.8, 4) is 22.3 Å². The summed E-state index contributed by atoms with van der Waals surface area (Å²) >= 11 is 0. The van der Waals surface area contributed by atoms with Gasteiger partial charge in [-0.05, 0) is 89.6 Å². The lowest BCUT2D eigenvalue weighted by Gasteiger charge is -2.18. The summed E-state index contributed by atoms with van der Waals surface area (Å²) in [6.07, 6.45) is 0. The number of furan rings is 1. The summed E-state index contributed by atoms with van der Waals surface area (Å²) in [4.78, 5) is 0. The molecule has 8 aromatic carbocycles. The number of hydrogen-bond donors (Lipinski definition) is 0. The van der Waals surface area contributed by atoms with Gasteiger partial charge in [0.15, 0.2) is 0 Å². The molecule has 0 atom stereocenters. The van der Waals surface area contributed by atoms with Crippen LogP contribution in [0.4, 0.5) is 0 Å². The third-order valence-electron chi connectivity index (χ3n) is 8.08. The average molecular weight is 528 g/mol. The molecule has 41 heavy (non-hydrogen) atoms. The number of benzene rings is 8. The van der Waals surface area contributed by atoms with Crippen molar-refractivity contribution < 1.29 is 14.0 Å². The Morgan fingerprint density at radius 3 is 1.80 bits per heavy atom. The zero-order chi connectivity index (χ0) is 33.0. The average Bonchev–Trinajstić information content (AvgIpc) is 3.49. The second kappa shape index (κ2) is 8.55. The first kappa shape index (κ1) is 16.6. The molecule has 190 valence electrons. The van der Waals surface area contributed by atoms with Crippen molar-refractivity contribution in [2.24, 2.45) is 0 Å². The van der Waals surface area contributed by atoms with Crippen LogP contribution in [0, 0.1) is 0 Å². The van der Waals surface area contributed by atoms with Gasteiger partial charge < -0.3 is 4.42 Å². The summed E-state index contributed by atoms with van der Waals surface area (Å²) in [7, 11) is 0. The molecule has 9 aromatic rings. The zero-order valence-corrected chi connectivity index (χ0v) is 21.7. The third kappa shape index (κ3) is 3.30. The van der Waals surface area contributed by atoms with Gasteiger partial charge in [0.05, 0.1) is 9.60 Å². The van der Waals surface area contributed by atoms with Crippen LogP contribution in [0.2, 0.25) is 0 Å². The highest BCUT2D eigenvalue weighted by molar-refractivity contribution is 6.23. The maximum atomic E-state index is 9.32. The van der Waals surface area contributed by atoms with Crippen LogP contribution in [0.25, 0.3) is 87.3 Å². The Bertz CT molecular complexity index is 2810. The molecule has 0 bridgehead atoms. The van der Waals surface area contributed by atoms with E-state index < -0.39 is 18.1 Å². The lowest BCUT2D eigenvalue weighted by atomic mass is 9.85. The molecule has 0 saturated carbocycles. The Morgan fingerprint density at radius 2 is 1.07 bits per heavy atom. The lowest BCUT2D eigenvalue weighted by Crippen LogP contribution is -1.91. The monoisotopic (exact) mass is 527 g/mol. The first-order valence-electron chi connectivity index (χ1n) is 17.0. The van der Waals surface area contributed by atoms with Crippen LogP contribution in [0.15, 0.2) is 150 Å². The largest absolute Gasteiger partial charge is 0.456 e. The Hall–Kier alpha value is -5.40. The van der Waals surface area contributed by atoms with Crippen molar-refractivity contribution in [2.45, 2.75) is 0 Å². The van der Waals surface area contributed by atoms with Gasteiger partial charge in [0.1, 0.15) is 11.2 Å². The summed E-state index contributed by atoms with van der Waals surface area (Å²) in [6, 6.07) is 31.7. The van der Waals surface area contributed by atoms with Gasteiger partial charge in [0.2, 0.25) is 0 Å². The van der Waals surface area contributed by atoms with Crippen molar-refractivity contribution in [3.05, 3.63) is 145 Å². The normalized spacial score (nSPS) is 14.3. The molecular formula is C40H24O. The Kier molecular flexibility index (Phi) is 3.47. The van der Waals surface area contributed by atoms with Crippen molar-refractivity contribution in [1.29, 1.82) is 0 Å². The summed E-state index contributed by atoms with van der Waals surface area (Å²) in [6.45, 7) is 0. The van der Waals surface area contributed by atoms with Crippen LogP contribution < -0.4 is 0 Å². The van der Waals surface area contributed by atoms with E-state index in [1.54, 1.807) is 0 Å². The minimum absolute atomic E-state index is 0.0582. The molecule has 0 aliphatic carbocycles. The van der Waals surface area contributed by atoms with Crippen molar-refractivity contribution in [1.82, 2.24) is 0 Å². The molecule has 0 fully saturated rings. The van der Waals surface area contributed by atoms with Crippen molar-refractivity contribution in [3.63, 3.8) is 0 Å². The van der Waals surface area contributed by atoms with Gasteiger partial charge >= 0.3 is 0 Å². The fourth-order valence-corrected chi connectivity index (χ4v) is 6.32. The second-order valence-corrected chi connectivity index (χ2v) is 10.3. The van der Waals surface area contributed by atoms with E-state index >= 15 is 0 Å². The fourth-order valence-electron chi connectivity index (χ4n) is 6.32. The van der Waals surface area contributed by atoms with Gasteiger partial charge in [-0.15, -0.1) is 0 Å². The van der Waals surface area contributed by atoms with Gasteiger partial charge in [-0.1, -0.05) is 121 Å². The predicted octanol–water partition coefficient (Wildman–Crippen LogP) is 11.5. The highest BCUT2D eigenvalue weighted by atomic mass is 16.3. The predicted molar refractivity (Wildman–Crippen MR) is 175 cm³/mol. The minimum atomic E-state index is -0.484. The molecule has 1 nitrogen and oxygen atoms in total. The van der Waals surface area contributed by atoms with Crippen molar-refractivity contribution in [2.75, 3.05) is 0 Å². The number of hydrogen-bond acceptors (Lipinski definition) is 1. The molecule has 1 heteroatoms. The van der Waals surface area contributed by atoms with Gasteiger partial charge in [-0.2, -0.15) is 0 Å². The summed E-state index contributed by atoms with van der Waals surface area (Å²) in [5.41, 5.74) is 4.23. The molecule has 0 aliphatic rings. The maximum Gasteiger partial charge on any atom is 0.136 e. The van der Waals surface area contributed by atoms with Crippen LogP contribution in [0.1, 0.15) is 9.60 Å². The highest BCUT2D eigenvalue weighted by Crippen LogP contribution is 2.45. The Balaban J connectivity index is 1.39. The van der Waals surface area contributed by atoms with E-state index in [4.69, 9.17) is 12.6 Å². The topological polar surface area (TPSA) is 13.1 Å². The first-order valence-corrected chi connectivity index (χ1v) is 13.5. The van der Waals surface area contributed by atoms with E-state index in [1.165, 1.54) is 0 Å². The van der Waals surface area contributed by atoms with E-state index in [-0.39, 0.29) is 40.5 Å². The van der Waals surface area contributed by atoms with Gasteiger partial charge in [0.25, 0.3) is 0 Å². The summed E-state index contributed by atoms with van der Waals surface area (Å²) in [5.74, 6) is 0. The fraction of sp³-hybridized carbons (Fsp3) is 0. The Morgan fingerprint density at radius 1 is 0.439 bits per heavy atom. The molecule has 0 saturated heterocycles. The van der Waals surface area contributed by atoms with Crippen LogP contribution >= 0.6 is 0 Å². The standard InChI is InChI=1S/C40H24O/c1-2-11-27-23-28(18-17-25(27)9-1)38-31-13-5-7-15-33(31)39(34-16-8-6-14-32(34)38)29-19-21-35-37(24-29)41-36-22-20-26-10-3-4-12-30(26)40(35)36/h1-24H/i1D,2D,9D,11D,17D,18D,23D. The van der Waals surface area contributed by atoms with E-state index in [0.717, 1.165) is 65.4 Å². The molecule has 0 radical (unpaired) electrons. The summed E-state index contributed by atoms with van der Waals surface area (Å²) in [5, 5.41) is 7.50. The van der Waals surface area contributed by atoms with E-state index in [9.17, 15) is 1.37 Å². The smallest absolute Gasteiger partial charge is 0.136 e. The lowest BCUT2D eigenvalue weighted by molar-refractivity contribution is 0.669. The van der Waals surface area contributed by atoms with Crippen LogP contribution in [0.3, 0.4) is 0 Å².